The van der Waals surface area contributed by atoms with E-state index in [4.69, 9.17) is 5.26 Å². The number of hydrogen-bond acceptors (Lipinski definition) is 2. The van der Waals surface area contributed by atoms with Crippen LogP contribution in [0.1, 0.15) is 30.4 Å². The number of piperidine rings is 1. The minimum atomic E-state index is -0.188. The van der Waals surface area contributed by atoms with Gasteiger partial charge < -0.3 is 0 Å². The van der Waals surface area contributed by atoms with Gasteiger partial charge in [0.2, 0.25) is 0 Å². The first-order valence-electron chi connectivity index (χ1n) is 6.19. The van der Waals surface area contributed by atoms with Gasteiger partial charge in [-0.05, 0) is 43.4 Å². The van der Waals surface area contributed by atoms with Crippen molar-refractivity contribution in [1.29, 1.82) is 5.26 Å². The average molecular weight is 230 g/mol. The van der Waals surface area contributed by atoms with Gasteiger partial charge in [-0.25, -0.2) is 4.39 Å². The Morgan fingerprint density at radius 1 is 1.41 bits per heavy atom. The van der Waals surface area contributed by atoms with Crippen LogP contribution < -0.4 is 0 Å². The molecule has 2 nitrogen and oxygen atoms in total. The molecule has 1 aromatic rings. The number of likely N-dealkylation sites (tertiary alicyclic amines) is 1. The highest BCUT2D eigenvalue weighted by Gasteiger charge is 2.37. The van der Waals surface area contributed by atoms with Gasteiger partial charge in [-0.15, -0.1) is 0 Å². The third kappa shape index (κ3) is 1.94. The smallest absolute Gasteiger partial charge is 0.127 e. The quantitative estimate of drug-likeness (QED) is 0.781. The number of nitriles is 1. The van der Waals surface area contributed by atoms with Gasteiger partial charge in [0.25, 0.3) is 0 Å². The molecule has 2 aliphatic rings. The van der Waals surface area contributed by atoms with Gasteiger partial charge in [-0.2, -0.15) is 5.26 Å². The summed E-state index contributed by atoms with van der Waals surface area (Å²) in [4.78, 5) is 2.37. The normalized spacial score (nSPS) is 27.3. The molecule has 0 spiro atoms. The Kier molecular flexibility index (Phi) is 2.60. The summed E-state index contributed by atoms with van der Waals surface area (Å²) in [7, 11) is 0. The van der Waals surface area contributed by atoms with E-state index in [0.717, 1.165) is 12.5 Å². The number of rotatable bonds is 2. The summed E-state index contributed by atoms with van der Waals surface area (Å²) in [5.74, 6) is 0.633. The van der Waals surface area contributed by atoms with E-state index in [-0.39, 0.29) is 5.82 Å². The van der Waals surface area contributed by atoms with Crippen molar-refractivity contribution in [2.75, 3.05) is 6.54 Å². The summed E-state index contributed by atoms with van der Waals surface area (Å²) in [6.07, 6.45) is 3.87. The van der Waals surface area contributed by atoms with Gasteiger partial charge in [0.05, 0.1) is 11.6 Å². The zero-order chi connectivity index (χ0) is 11.8. The van der Waals surface area contributed by atoms with Crippen molar-refractivity contribution in [3.05, 3.63) is 35.1 Å². The fourth-order valence-corrected chi connectivity index (χ4v) is 3.20. The second kappa shape index (κ2) is 4.12. The SMILES string of the molecule is N#Cc1ccc(F)c(CN2CC3CCC2C3)c1. The molecule has 1 saturated heterocycles. The van der Waals surface area contributed by atoms with Gasteiger partial charge in [0.15, 0.2) is 0 Å². The maximum Gasteiger partial charge on any atom is 0.127 e. The number of benzene rings is 1. The van der Waals surface area contributed by atoms with Gasteiger partial charge in [0, 0.05) is 24.7 Å². The van der Waals surface area contributed by atoms with Crippen LogP contribution in [0.25, 0.3) is 0 Å². The third-order valence-electron chi connectivity index (χ3n) is 4.07. The van der Waals surface area contributed by atoms with Crippen molar-refractivity contribution >= 4 is 0 Å². The predicted molar refractivity (Wildman–Crippen MR) is 62.7 cm³/mol. The summed E-state index contributed by atoms with van der Waals surface area (Å²) in [5.41, 5.74) is 1.21. The first-order chi connectivity index (χ1) is 8.26. The van der Waals surface area contributed by atoms with Crippen molar-refractivity contribution < 1.29 is 4.39 Å². The van der Waals surface area contributed by atoms with Gasteiger partial charge >= 0.3 is 0 Å². The van der Waals surface area contributed by atoms with E-state index >= 15 is 0 Å². The van der Waals surface area contributed by atoms with E-state index in [2.05, 4.69) is 11.0 Å². The summed E-state index contributed by atoms with van der Waals surface area (Å²) in [5, 5.41) is 8.83. The summed E-state index contributed by atoms with van der Waals surface area (Å²) < 4.78 is 13.7. The molecule has 17 heavy (non-hydrogen) atoms. The molecule has 88 valence electrons. The van der Waals surface area contributed by atoms with E-state index in [1.165, 1.54) is 31.4 Å². The van der Waals surface area contributed by atoms with E-state index < -0.39 is 0 Å². The molecule has 1 aromatic carbocycles. The minimum Gasteiger partial charge on any atom is -0.296 e. The lowest BCUT2D eigenvalue weighted by atomic mass is 10.1. The molecule has 3 rings (SSSR count). The molecule has 2 bridgehead atoms. The van der Waals surface area contributed by atoms with Crippen LogP contribution in [0.3, 0.4) is 0 Å². The van der Waals surface area contributed by atoms with Crippen LogP contribution >= 0.6 is 0 Å². The van der Waals surface area contributed by atoms with Crippen LogP contribution in [0.2, 0.25) is 0 Å². The molecule has 2 unspecified atom stereocenters. The van der Waals surface area contributed by atoms with Gasteiger partial charge in [-0.1, -0.05) is 0 Å². The molecular formula is C14H15FN2. The molecule has 1 heterocycles. The molecule has 0 radical (unpaired) electrons. The topological polar surface area (TPSA) is 27.0 Å². The van der Waals surface area contributed by atoms with E-state index in [1.807, 2.05) is 0 Å². The second-order valence-electron chi connectivity index (χ2n) is 5.18. The van der Waals surface area contributed by atoms with Gasteiger partial charge in [0.1, 0.15) is 5.82 Å². The lowest BCUT2D eigenvalue weighted by molar-refractivity contribution is 0.203. The maximum atomic E-state index is 13.7. The van der Waals surface area contributed by atoms with Crippen LogP contribution in [-0.4, -0.2) is 17.5 Å². The second-order valence-corrected chi connectivity index (χ2v) is 5.18. The lowest BCUT2D eigenvalue weighted by Crippen LogP contribution is -2.31. The van der Waals surface area contributed by atoms with Crippen LogP contribution in [0.4, 0.5) is 4.39 Å². The molecule has 0 amide bonds. The molecule has 1 aliphatic heterocycles. The van der Waals surface area contributed by atoms with Crippen molar-refractivity contribution in [2.45, 2.75) is 31.8 Å². The Bertz CT molecular complexity index is 478. The number of nitrogens with zero attached hydrogens (tertiary/aromatic N) is 2. The Balaban J connectivity index is 1.79. The lowest BCUT2D eigenvalue weighted by Gasteiger charge is -2.26. The zero-order valence-electron chi connectivity index (χ0n) is 9.69. The largest absolute Gasteiger partial charge is 0.296 e. The van der Waals surface area contributed by atoms with Crippen molar-refractivity contribution in [2.24, 2.45) is 5.92 Å². The van der Waals surface area contributed by atoms with Crippen LogP contribution in [0.5, 0.6) is 0 Å². The number of hydrogen-bond donors (Lipinski definition) is 0. The fourth-order valence-electron chi connectivity index (χ4n) is 3.20. The summed E-state index contributed by atoms with van der Waals surface area (Å²) in [6, 6.07) is 7.34. The number of fused-ring (bicyclic) bond motifs is 2. The standard InChI is InChI=1S/C14H15FN2/c15-14-4-2-10(7-16)5-12(14)9-17-8-11-1-3-13(17)6-11/h2,4-5,11,13H,1,3,6,8-9H2. The highest BCUT2D eigenvalue weighted by Crippen LogP contribution is 2.38. The highest BCUT2D eigenvalue weighted by atomic mass is 19.1. The molecule has 0 N–H and O–H groups in total. The Labute approximate surface area is 101 Å². The van der Waals surface area contributed by atoms with Crippen LogP contribution in [-0.2, 0) is 6.54 Å². The highest BCUT2D eigenvalue weighted by molar-refractivity contribution is 5.33. The molecular weight excluding hydrogens is 215 g/mol. The van der Waals surface area contributed by atoms with E-state index in [0.29, 0.717) is 23.7 Å². The van der Waals surface area contributed by atoms with Crippen molar-refractivity contribution in [1.82, 2.24) is 4.90 Å². The number of halogens is 1. The molecule has 0 aromatic heterocycles. The Morgan fingerprint density at radius 3 is 2.94 bits per heavy atom. The van der Waals surface area contributed by atoms with Crippen LogP contribution in [0.15, 0.2) is 18.2 Å². The zero-order valence-corrected chi connectivity index (χ0v) is 9.69. The Hall–Kier alpha value is -1.40. The van der Waals surface area contributed by atoms with Crippen molar-refractivity contribution in [3.63, 3.8) is 0 Å². The van der Waals surface area contributed by atoms with Crippen LogP contribution in [0, 0.1) is 23.1 Å². The first kappa shape index (κ1) is 10.7. The monoisotopic (exact) mass is 230 g/mol. The summed E-state index contributed by atoms with van der Waals surface area (Å²) in [6.45, 7) is 1.75. The molecule has 1 aliphatic carbocycles. The molecule has 2 fully saturated rings. The fraction of sp³-hybridized carbons (Fsp3) is 0.500. The summed E-state index contributed by atoms with van der Waals surface area (Å²) >= 11 is 0. The average Bonchev–Trinajstić information content (AvgIpc) is 2.94. The molecule has 1 saturated carbocycles. The third-order valence-corrected chi connectivity index (χ3v) is 4.07. The molecule has 2 atom stereocenters. The van der Waals surface area contributed by atoms with Gasteiger partial charge in [-0.3, -0.25) is 4.90 Å². The maximum absolute atomic E-state index is 13.7. The predicted octanol–water partition coefficient (Wildman–Crippen LogP) is 2.68. The van der Waals surface area contributed by atoms with E-state index in [1.54, 1.807) is 6.07 Å². The first-order valence-corrected chi connectivity index (χ1v) is 6.19. The van der Waals surface area contributed by atoms with E-state index in [9.17, 15) is 4.39 Å². The molecule has 3 heteroatoms. The van der Waals surface area contributed by atoms with Crippen molar-refractivity contribution in [3.8, 4) is 6.07 Å². The minimum absolute atomic E-state index is 0.188. The Morgan fingerprint density at radius 2 is 2.29 bits per heavy atom.